The van der Waals surface area contributed by atoms with E-state index in [1.165, 1.54) is 30.3 Å². The molecule has 1 saturated heterocycles. The van der Waals surface area contributed by atoms with Crippen LogP contribution in [0.1, 0.15) is 34.6 Å². The molecule has 10 heteroatoms. The second kappa shape index (κ2) is 9.02. The predicted molar refractivity (Wildman–Crippen MR) is 123 cm³/mol. The van der Waals surface area contributed by atoms with Gasteiger partial charge in [-0.05, 0) is 48.6 Å². The first-order valence-electron chi connectivity index (χ1n) is 11.2. The molecule has 4 aromatic rings. The number of carboxylic acids is 1. The van der Waals surface area contributed by atoms with Gasteiger partial charge in [0, 0.05) is 13.1 Å². The van der Waals surface area contributed by atoms with Gasteiger partial charge in [-0.3, -0.25) is 4.90 Å². The molecule has 36 heavy (non-hydrogen) atoms. The third-order valence-corrected chi connectivity index (χ3v) is 6.40. The van der Waals surface area contributed by atoms with Gasteiger partial charge in [-0.1, -0.05) is 24.3 Å². The van der Waals surface area contributed by atoms with Crippen LogP contribution < -0.4 is 0 Å². The molecule has 0 amide bonds. The minimum absolute atomic E-state index is 0.0511. The Morgan fingerprint density at radius 1 is 1.03 bits per heavy atom. The van der Waals surface area contributed by atoms with Crippen molar-refractivity contribution < 1.29 is 31.9 Å². The molecule has 0 spiro atoms. The van der Waals surface area contributed by atoms with Crippen LogP contribution in [0.15, 0.2) is 36.4 Å². The largest absolute Gasteiger partial charge is 0.478 e. The van der Waals surface area contributed by atoms with Crippen molar-refractivity contribution in [1.29, 1.82) is 0 Å². The highest BCUT2D eigenvalue weighted by Crippen LogP contribution is 2.38. The summed E-state index contributed by atoms with van der Waals surface area (Å²) in [5.74, 6) is -7.60. The Morgan fingerprint density at radius 2 is 1.64 bits per heavy atom. The van der Waals surface area contributed by atoms with Crippen LogP contribution in [-0.4, -0.2) is 38.8 Å². The van der Waals surface area contributed by atoms with Crippen LogP contribution in [0.2, 0.25) is 0 Å². The number of alkyl halides is 1. The number of aromatic nitrogens is 2. The number of aryl methyl sites for hydroxylation is 1. The van der Waals surface area contributed by atoms with Crippen molar-refractivity contribution in [2.75, 3.05) is 6.54 Å². The van der Waals surface area contributed by atoms with Gasteiger partial charge in [0.1, 0.15) is 11.3 Å². The maximum atomic E-state index is 15.2. The van der Waals surface area contributed by atoms with E-state index in [9.17, 15) is 14.3 Å². The van der Waals surface area contributed by atoms with E-state index < -0.39 is 46.7 Å². The number of H-pyrrole nitrogens is 1. The Balaban J connectivity index is 1.57. The number of aromatic carboxylic acids is 1. The summed E-state index contributed by atoms with van der Waals surface area (Å²) in [5, 5.41) is 9.52. The average Bonchev–Trinajstić information content (AvgIpc) is 3.42. The van der Waals surface area contributed by atoms with Crippen molar-refractivity contribution in [1.82, 2.24) is 14.9 Å². The first-order chi connectivity index (χ1) is 17.2. The molecule has 2 N–H and O–H groups in total. The number of imidazole rings is 1. The Labute approximate surface area is 202 Å². The molecule has 5 nitrogen and oxygen atoms in total. The molecule has 3 aromatic carbocycles. The molecule has 0 radical (unpaired) electrons. The Kier molecular flexibility index (Phi) is 5.99. The maximum Gasteiger partial charge on any atom is 0.337 e. The standard InChI is InChI=1S/C26H20F5N3O2/c1-12-32-17-10-15(9-16(26(35)36)25(17)33-12)20-23(30)21(28)19(22(29)24(20)31)14-6-4-13(5-7-14)11-34-8-2-3-18(34)27/h4-7,9-10,18H,2-3,8,11H2,1H3,(H,32,33)(H,35,36). The number of rotatable bonds is 5. The number of fused-ring (bicyclic) bond motifs is 1. The van der Waals surface area contributed by atoms with Gasteiger partial charge in [0.15, 0.2) is 29.6 Å². The van der Waals surface area contributed by atoms with Gasteiger partial charge >= 0.3 is 5.97 Å². The minimum atomic E-state index is -1.66. The quantitative estimate of drug-likeness (QED) is 0.190. The molecular formula is C26H20F5N3O2. The Morgan fingerprint density at radius 3 is 2.19 bits per heavy atom. The normalized spacial score (nSPS) is 16.2. The number of benzene rings is 3. The molecule has 0 saturated carbocycles. The fourth-order valence-electron chi connectivity index (χ4n) is 4.66. The molecule has 1 aliphatic heterocycles. The van der Waals surface area contributed by atoms with Crippen LogP contribution in [0.3, 0.4) is 0 Å². The second-order valence-corrected chi connectivity index (χ2v) is 8.80. The molecular weight excluding hydrogens is 481 g/mol. The molecule has 0 aliphatic carbocycles. The second-order valence-electron chi connectivity index (χ2n) is 8.80. The fraction of sp³-hybridized carbons (Fsp3) is 0.231. The van der Waals surface area contributed by atoms with E-state index in [4.69, 9.17) is 0 Å². The fourth-order valence-corrected chi connectivity index (χ4v) is 4.66. The third-order valence-electron chi connectivity index (χ3n) is 6.40. The lowest BCUT2D eigenvalue weighted by molar-refractivity contribution is 0.0699. The molecule has 1 aliphatic rings. The van der Waals surface area contributed by atoms with Crippen molar-refractivity contribution in [3.8, 4) is 22.3 Å². The minimum Gasteiger partial charge on any atom is -0.478 e. The first kappa shape index (κ1) is 23.9. The number of aromatic amines is 1. The summed E-state index contributed by atoms with van der Waals surface area (Å²) < 4.78 is 74.6. The number of carbonyl (C=O) groups is 1. The monoisotopic (exact) mass is 501 g/mol. The van der Waals surface area contributed by atoms with Crippen molar-refractivity contribution in [2.24, 2.45) is 0 Å². The van der Waals surface area contributed by atoms with Gasteiger partial charge in [0.05, 0.1) is 22.2 Å². The predicted octanol–water partition coefficient (Wildman–Crippen LogP) is 6.35. The molecule has 5 rings (SSSR count). The molecule has 1 atom stereocenters. The molecule has 1 fully saturated rings. The van der Waals surface area contributed by atoms with Crippen LogP contribution >= 0.6 is 0 Å². The maximum absolute atomic E-state index is 15.2. The molecule has 1 aromatic heterocycles. The molecule has 2 heterocycles. The number of halogens is 5. The van der Waals surface area contributed by atoms with Crippen LogP contribution in [0.25, 0.3) is 33.3 Å². The lowest BCUT2D eigenvalue weighted by Gasteiger charge is -2.18. The Bertz CT molecular complexity index is 1470. The van der Waals surface area contributed by atoms with Crippen LogP contribution in [-0.2, 0) is 6.54 Å². The van der Waals surface area contributed by atoms with E-state index in [2.05, 4.69) is 9.97 Å². The van der Waals surface area contributed by atoms with Crippen molar-refractivity contribution >= 4 is 17.0 Å². The van der Waals surface area contributed by atoms with Gasteiger partial charge < -0.3 is 10.1 Å². The zero-order chi connectivity index (χ0) is 25.7. The smallest absolute Gasteiger partial charge is 0.337 e. The number of hydrogen-bond donors (Lipinski definition) is 2. The number of nitrogens with one attached hydrogen (secondary N) is 1. The highest BCUT2D eigenvalue weighted by molar-refractivity contribution is 6.03. The summed E-state index contributed by atoms with van der Waals surface area (Å²) in [6.45, 7) is 2.46. The topological polar surface area (TPSA) is 69.2 Å². The van der Waals surface area contributed by atoms with Gasteiger partial charge in [-0.2, -0.15) is 0 Å². The van der Waals surface area contributed by atoms with E-state index in [1.807, 2.05) is 0 Å². The first-order valence-corrected chi connectivity index (χ1v) is 11.2. The van der Waals surface area contributed by atoms with Crippen molar-refractivity contribution in [2.45, 2.75) is 32.6 Å². The lowest BCUT2D eigenvalue weighted by Crippen LogP contribution is -2.25. The Hall–Kier alpha value is -3.79. The number of carboxylic acid groups (broad SMARTS) is 1. The lowest BCUT2D eigenvalue weighted by atomic mass is 9.95. The third kappa shape index (κ3) is 4.01. The van der Waals surface area contributed by atoms with Gasteiger partial charge in [0.25, 0.3) is 0 Å². The summed E-state index contributed by atoms with van der Waals surface area (Å²) >= 11 is 0. The van der Waals surface area contributed by atoms with Crippen molar-refractivity contribution in [3.05, 3.63) is 76.6 Å². The van der Waals surface area contributed by atoms with E-state index in [0.29, 0.717) is 30.9 Å². The SMILES string of the molecule is Cc1nc2c(C(=O)O)cc(-c3c(F)c(F)c(-c4ccc(CN5CCCC5F)cc4)c(F)c3F)cc2[nH]1. The summed E-state index contributed by atoms with van der Waals surface area (Å²) in [5.41, 5.74) is -1.85. The van der Waals surface area contributed by atoms with Gasteiger partial charge in [-0.15, -0.1) is 0 Å². The van der Waals surface area contributed by atoms with Crippen LogP contribution in [0.4, 0.5) is 22.0 Å². The highest BCUT2D eigenvalue weighted by atomic mass is 19.2. The summed E-state index contributed by atoms with van der Waals surface area (Å²) in [4.78, 5) is 20.1. The average molecular weight is 501 g/mol. The summed E-state index contributed by atoms with van der Waals surface area (Å²) in [6.07, 6.45) is 0.128. The van der Waals surface area contributed by atoms with E-state index in [1.54, 1.807) is 11.8 Å². The zero-order valence-electron chi connectivity index (χ0n) is 19.0. The summed E-state index contributed by atoms with van der Waals surface area (Å²) in [6, 6.07) is 7.80. The number of hydrogen-bond acceptors (Lipinski definition) is 3. The van der Waals surface area contributed by atoms with Crippen molar-refractivity contribution in [3.63, 3.8) is 0 Å². The molecule has 186 valence electrons. The van der Waals surface area contributed by atoms with Gasteiger partial charge in [0.2, 0.25) is 0 Å². The van der Waals surface area contributed by atoms with E-state index in [0.717, 1.165) is 12.5 Å². The zero-order valence-corrected chi connectivity index (χ0v) is 19.0. The van der Waals surface area contributed by atoms with E-state index >= 15 is 17.6 Å². The number of likely N-dealkylation sites (tertiary alicyclic amines) is 1. The molecule has 1 unspecified atom stereocenters. The van der Waals surface area contributed by atoms with Crippen LogP contribution in [0, 0.1) is 30.2 Å². The highest BCUT2D eigenvalue weighted by Gasteiger charge is 2.29. The van der Waals surface area contributed by atoms with Crippen LogP contribution in [0.5, 0.6) is 0 Å². The summed E-state index contributed by atoms with van der Waals surface area (Å²) in [7, 11) is 0. The van der Waals surface area contributed by atoms with Gasteiger partial charge in [-0.25, -0.2) is 31.7 Å². The number of nitrogens with zero attached hydrogens (tertiary/aromatic N) is 2. The molecule has 0 bridgehead atoms. The van der Waals surface area contributed by atoms with E-state index in [-0.39, 0.29) is 27.7 Å².